The van der Waals surface area contributed by atoms with Gasteiger partial charge in [0.15, 0.2) is 17.9 Å². The number of aldehydes is 1. The van der Waals surface area contributed by atoms with Gasteiger partial charge in [0.05, 0.1) is 11.8 Å². The highest BCUT2D eigenvalue weighted by Crippen LogP contribution is 2.22. The molecular formula is C13H10N2O2. The van der Waals surface area contributed by atoms with Crippen molar-refractivity contribution < 1.29 is 9.21 Å². The zero-order valence-corrected chi connectivity index (χ0v) is 9.25. The first kappa shape index (κ1) is 9.84. The van der Waals surface area contributed by atoms with E-state index in [2.05, 4.69) is 4.98 Å². The summed E-state index contributed by atoms with van der Waals surface area (Å²) in [4.78, 5) is 15.3. The Bertz CT molecular complexity index is 681. The first-order chi connectivity index (χ1) is 8.29. The van der Waals surface area contributed by atoms with Crippen LogP contribution in [0.3, 0.4) is 0 Å². The van der Waals surface area contributed by atoms with Crippen molar-refractivity contribution in [2.75, 3.05) is 0 Å². The molecule has 0 radical (unpaired) electrons. The van der Waals surface area contributed by atoms with Crippen molar-refractivity contribution in [1.82, 2.24) is 9.38 Å². The van der Waals surface area contributed by atoms with Crippen LogP contribution in [0.1, 0.15) is 16.1 Å². The Morgan fingerprint density at radius 3 is 2.94 bits per heavy atom. The summed E-state index contributed by atoms with van der Waals surface area (Å²) in [6.45, 7) is 1.99. The maximum Gasteiger partial charge on any atom is 0.181 e. The van der Waals surface area contributed by atoms with Gasteiger partial charge in [-0.05, 0) is 30.7 Å². The lowest BCUT2D eigenvalue weighted by atomic mass is 10.3. The fourth-order valence-corrected chi connectivity index (χ4v) is 1.88. The summed E-state index contributed by atoms with van der Waals surface area (Å²) in [6, 6.07) is 7.47. The van der Waals surface area contributed by atoms with E-state index < -0.39 is 0 Å². The van der Waals surface area contributed by atoms with Crippen LogP contribution in [0.25, 0.3) is 17.1 Å². The van der Waals surface area contributed by atoms with Crippen molar-refractivity contribution in [2.45, 2.75) is 6.92 Å². The molecule has 0 unspecified atom stereocenters. The molecular weight excluding hydrogens is 216 g/mol. The molecule has 0 aromatic carbocycles. The number of hydrogen-bond donors (Lipinski definition) is 0. The molecule has 0 atom stereocenters. The highest BCUT2D eigenvalue weighted by atomic mass is 16.3. The summed E-state index contributed by atoms with van der Waals surface area (Å²) in [5, 5.41) is 0. The monoisotopic (exact) mass is 226 g/mol. The normalized spacial score (nSPS) is 10.9. The molecule has 3 rings (SSSR count). The predicted octanol–water partition coefficient (Wildman–Crippen LogP) is 2.72. The molecule has 0 bridgehead atoms. The number of pyridine rings is 1. The van der Waals surface area contributed by atoms with E-state index >= 15 is 0 Å². The third-order valence-electron chi connectivity index (χ3n) is 2.67. The van der Waals surface area contributed by atoms with Crippen molar-refractivity contribution in [3.63, 3.8) is 0 Å². The number of aromatic nitrogens is 2. The van der Waals surface area contributed by atoms with Crippen LogP contribution in [0.4, 0.5) is 0 Å². The van der Waals surface area contributed by atoms with E-state index in [-0.39, 0.29) is 0 Å². The van der Waals surface area contributed by atoms with E-state index in [0.29, 0.717) is 17.3 Å². The van der Waals surface area contributed by atoms with Crippen molar-refractivity contribution in [2.24, 2.45) is 0 Å². The Labute approximate surface area is 97.5 Å². The molecule has 0 aliphatic heterocycles. The summed E-state index contributed by atoms with van der Waals surface area (Å²) in [7, 11) is 0. The molecule has 0 amide bonds. The minimum Gasteiger partial charge on any atom is -0.461 e. The number of hydrogen-bond acceptors (Lipinski definition) is 3. The molecule has 0 spiro atoms. The first-order valence-electron chi connectivity index (χ1n) is 5.27. The first-order valence-corrected chi connectivity index (χ1v) is 5.27. The smallest absolute Gasteiger partial charge is 0.181 e. The average molecular weight is 226 g/mol. The maximum atomic E-state index is 11.0. The van der Waals surface area contributed by atoms with Crippen molar-refractivity contribution >= 4 is 11.8 Å². The lowest BCUT2D eigenvalue weighted by Gasteiger charge is -1.99. The second-order valence-electron chi connectivity index (χ2n) is 3.88. The Morgan fingerprint density at radius 1 is 1.35 bits per heavy atom. The topological polar surface area (TPSA) is 47.5 Å². The number of rotatable bonds is 2. The highest BCUT2D eigenvalue weighted by Gasteiger charge is 2.13. The number of imidazole rings is 1. The third-order valence-corrected chi connectivity index (χ3v) is 2.67. The molecule has 3 heterocycles. The van der Waals surface area contributed by atoms with Gasteiger partial charge in [0.2, 0.25) is 0 Å². The number of carbonyl (C=O) groups is 1. The second-order valence-corrected chi connectivity index (χ2v) is 3.88. The van der Waals surface area contributed by atoms with Gasteiger partial charge in [0.25, 0.3) is 0 Å². The number of aryl methyl sites for hydroxylation is 1. The minimum atomic E-state index is 0.427. The third kappa shape index (κ3) is 1.45. The summed E-state index contributed by atoms with van der Waals surface area (Å²) >= 11 is 0. The van der Waals surface area contributed by atoms with E-state index in [9.17, 15) is 4.79 Å². The van der Waals surface area contributed by atoms with E-state index in [4.69, 9.17) is 4.42 Å². The summed E-state index contributed by atoms with van der Waals surface area (Å²) in [5.74, 6) is 1.30. The Kier molecular flexibility index (Phi) is 2.08. The standard InChI is InChI=1S/C13H10N2O2/c1-9-4-5-11-10(8-16)14-13(15(11)7-9)12-3-2-6-17-12/h2-8H,1H3. The van der Waals surface area contributed by atoms with Crippen molar-refractivity contribution in [3.8, 4) is 11.6 Å². The van der Waals surface area contributed by atoms with Gasteiger partial charge in [-0.1, -0.05) is 6.07 Å². The molecule has 3 aromatic rings. The number of furan rings is 1. The van der Waals surface area contributed by atoms with Crippen LogP contribution in [0, 0.1) is 6.92 Å². The average Bonchev–Trinajstić information content (AvgIpc) is 2.94. The Morgan fingerprint density at radius 2 is 2.24 bits per heavy atom. The molecule has 0 fully saturated rings. The molecule has 0 saturated carbocycles. The minimum absolute atomic E-state index is 0.427. The molecule has 4 heteroatoms. The van der Waals surface area contributed by atoms with E-state index in [1.165, 1.54) is 0 Å². The van der Waals surface area contributed by atoms with Crippen LogP contribution in [-0.2, 0) is 0 Å². The zero-order valence-electron chi connectivity index (χ0n) is 9.25. The fourth-order valence-electron chi connectivity index (χ4n) is 1.88. The number of fused-ring (bicyclic) bond motifs is 1. The molecule has 17 heavy (non-hydrogen) atoms. The number of nitrogens with zero attached hydrogens (tertiary/aromatic N) is 2. The molecule has 0 aliphatic rings. The largest absolute Gasteiger partial charge is 0.461 e. The van der Waals surface area contributed by atoms with Crippen LogP contribution in [0.2, 0.25) is 0 Å². The van der Waals surface area contributed by atoms with Gasteiger partial charge in [-0.3, -0.25) is 9.20 Å². The van der Waals surface area contributed by atoms with E-state index in [0.717, 1.165) is 17.4 Å². The van der Waals surface area contributed by atoms with Crippen LogP contribution in [0.5, 0.6) is 0 Å². The van der Waals surface area contributed by atoms with Crippen LogP contribution in [-0.4, -0.2) is 15.7 Å². The molecule has 0 saturated heterocycles. The van der Waals surface area contributed by atoms with Crippen molar-refractivity contribution in [1.29, 1.82) is 0 Å². The van der Waals surface area contributed by atoms with Gasteiger partial charge in [0, 0.05) is 6.20 Å². The summed E-state index contributed by atoms with van der Waals surface area (Å²) in [5.41, 5.74) is 2.31. The van der Waals surface area contributed by atoms with Crippen LogP contribution in [0.15, 0.2) is 41.1 Å². The lowest BCUT2D eigenvalue weighted by molar-refractivity contribution is 0.112. The van der Waals surface area contributed by atoms with Gasteiger partial charge < -0.3 is 4.42 Å². The summed E-state index contributed by atoms with van der Waals surface area (Å²) < 4.78 is 7.20. The molecule has 84 valence electrons. The van der Waals surface area contributed by atoms with Gasteiger partial charge in [-0.2, -0.15) is 0 Å². The second kappa shape index (κ2) is 3.59. The van der Waals surface area contributed by atoms with Gasteiger partial charge >= 0.3 is 0 Å². The SMILES string of the molecule is Cc1ccc2c(C=O)nc(-c3ccco3)n2c1. The lowest BCUT2D eigenvalue weighted by Crippen LogP contribution is -1.88. The quantitative estimate of drug-likeness (QED) is 0.631. The Balaban J connectivity index is 2.38. The van der Waals surface area contributed by atoms with Gasteiger partial charge in [-0.15, -0.1) is 0 Å². The zero-order chi connectivity index (χ0) is 11.8. The van der Waals surface area contributed by atoms with Crippen LogP contribution < -0.4 is 0 Å². The highest BCUT2D eigenvalue weighted by molar-refractivity contribution is 5.85. The molecule has 0 aliphatic carbocycles. The molecule has 0 N–H and O–H groups in total. The predicted molar refractivity (Wildman–Crippen MR) is 63.0 cm³/mol. The maximum absolute atomic E-state index is 11.0. The molecule has 3 aromatic heterocycles. The Hall–Kier alpha value is -2.36. The van der Waals surface area contributed by atoms with Gasteiger partial charge in [0.1, 0.15) is 5.69 Å². The summed E-state index contributed by atoms with van der Waals surface area (Å²) in [6.07, 6.45) is 4.29. The molecule has 4 nitrogen and oxygen atoms in total. The van der Waals surface area contributed by atoms with Crippen molar-refractivity contribution in [3.05, 3.63) is 48.0 Å². The number of carbonyl (C=O) groups excluding carboxylic acids is 1. The van der Waals surface area contributed by atoms with Crippen LogP contribution >= 0.6 is 0 Å². The van der Waals surface area contributed by atoms with E-state index in [1.54, 1.807) is 12.3 Å². The van der Waals surface area contributed by atoms with Gasteiger partial charge in [-0.25, -0.2) is 4.98 Å². The van der Waals surface area contributed by atoms with E-state index in [1.807, 2.05) is 35.7 Å². The fraction of sp³-hybridized carbons (Fsp3) is 0.0769.